The number of aromatic amines is 1. The first-order chi connectivity index (χ1) is 19.4. The van der Waals surface area contributed by atoms with Gasteiger partial charge in [-0.25, -0.2) is 4.79 Å². The topological polar surface area (TPSA) is 237 Å². The van der Waals surface area contributed by atoms with Crippen molar-refractivity contribution in [3.63, 3.8) is 0 Å². The first-order valence-corrected chi connectivity index (χ1v) is 15.3. The number of aliphatic hydroxyl groups excluding tert-OH is 2. The second-order valence-electron chi connectivity index (χ2n) is 8.51. The largest absolute Gasteiger partial charge is 0.498 e. The molecule has 4 atom stereocenters. The highest BCUT2D eigenvalue weighted by atomic mass is 32.2. The van der Waals surface area contributed by atoms with Crippen LogP contribution in [0, 0.1) is 6.92 Å². The summed E-state index contributed by atoms with van der Waals surface area (Å²) in [5.74, 6) is 0.540. The number of nitrogens with one attached hydrogen (secondary N) is 1. The minimum atomic E-state index is -4.02. The Hall–Kier alpha value is -2.97. The third kappa shape index (κ3) is 9.54. The van der Waals surface area contributed by atoms with Crippen LogP contribution in [0.4, 0.5) is 11.6 Å². The van der Waals surface area contributed by atoms with E-state index in [9.17, 15) is 18.0 Å². The fraction of sp³-hybridized carbons (Fsp3) is 0.391. The van der Waals surface area contributed by atoms with E-state index in [2.05, 4.69) is 9.97 Å². The molecule has 2 aliphatic heterocycles. The SMILES string of the molecule is Cc1ccc(S(=O)(=O)O)cc1.Nc1cc[n+]([C@H]2CO[C@@H](CO)S2)c(=O)[nH]1.Nc1ccn([C@H]2CO[C@@H](CO)S2)c(=O)n1. The average molecular weight is 632 g/mol. The Labute approximate surface area is 243 Å². The second-order valence-corrected chi connectivity index (χ2v) is 12.6. The Morgan fingerprint density at radius 2 is 1.68 bits per heavy atom. The standard InChI is InChI=1S/2C8H11N3O3S.C7H8O3S/c2*9-5-1-2-11(8(13)10-5)6-4-14-7(3-12)15-6;1-6-2-4-7(5-3-6)11(8,9)10/h2*1-2,6-7,12H,3-4H2,(H2,9,10,13);2-5H,1H3,(H,8,9,10)/p+1/t2*6-,7-;/m11./s1. The first kappa shape index (κ1) is 32.5. The van der Waals surface area contributed by atoms with Gasteiger partial charge in [0.15, 0.2) is 11.2 Å². The molecule has 2 aromatic heterocycles. The number of benzene rings is 1. The minimum absolute atomic E-state index is 0.0470. The summed E-state index contributed by atoms with van der Waals surface area (Å²) in [6.07, 6.45) is 3.21. The molecule has 0 radical (unpaired) electrons. The molecule has 41 heavy (non-hydrogen) atoms. The summed E-state index contributed by atoms with van der Waals surface area (Å²) in [5.41, 5.74) is 10.6. The maximum Gasteiger partial charge on any atom is 0.498 e. The van der Waals surface area contributed by atoms with Crippen molar-refractivity contribution < 1.29 is 37.2 Å². The van der Waals surface area contributed by atoms with E-state index in [0.29, 0.717) is 19.0 Å². The Bertz CT molecular complexity index is 1440. The van der Waals surface area contributed by atoms with Gasteiger partial charge in [0.05, 0.1) is 31.3 Å². The zero-order valence-corrected chi connectivity index (χ0v) is 24.2. The van der Waals surface area contributed by atoms with Crippen LogP contribution in [-0.2, 0) is 19.6 Å². The van der Waals surface area contributed by atoms with Gasteiger partial charge >= 0.3 is 11.4 Å². The number of aryl methyl sites for hydroxylation is 1. The predicted molar refractivity (Wildman–Crippen MR) is 152 cm³/mol. The maximum absolute atomic E-state index is 11.5. The van der Waals surface area contributed by atoms with E-state index in [1.54, 1.807) is 36.7 Å². The van der Waals surface area contributed by atoms with Crippen molar-refractivity contribution in [3.05, 3.63) is 75.3 Å². The fourth-order valence-corrected chi connectivity index (χ4v) is 5.98. The highest BCUT2D eigenvalue weighted by Gasteiger charge is 2.31. The third-order valence-corrected chi connectivity index (χ3v) is 8.86. The molecule has 2 aliphatic rings. The molecule has 2 fully saturated rings. The zero-order chi connectivity index (χ0) is 30.2. The number of rotatable bonds is 5. The lowest BCUT2D eigenvalue weighted by molar-refractivity contribution is -0.716. The van der Waals surface area contributed by atoms with Crippen LogP contribution in [-0.4, -0.2) is 75.0 Å². The third-order valence-electron chi connectivity index (χ3n) is 5.46. The minimum Gasteiger partial charge on any atom is -0.393 e. The van der Waals surface area contributed by atoms with Crippen molar-refractivity contribution in [3.8, 4) is 0 Å². The van der Waals surface area contributed by atoms with E-state index in [1.807, 2.05) is 6.92 Å². The molecule has 0 amide bonds. The monoisotopic (exact) mass is 631 g/mol. The van der Waals surface area contributed by atoms with Crippen molar-refractivity contribution in [2.45, 2.75) is 33.4 Å². The van der Waals surface area contributed by atoms with Gasteiger partial charge in [-0.05, 0) is 25.1 Å². The van der Waals surface area contributed by atoms with Gasteiger partial charge in [0, 0.05) is 12.3 Å². The molecule has 4 heterocycles. The summed E-state index contributed by atoms with van der Waals surface area (Å²) in [7, 11) is -4.02. The van der Waals surface area contributed by atoms with E-state index in [0.717, 1.165) is 5.56 Å². The molecule has 18 heteroatoms. The Morgan fingerprint density at radius 1 is 1.05 bits per heavy atom. The van der Waals surface area contributed by atoms with E-state index in [-0.39, 0.29) is 51.2 Å². The smallest absolute Gasteiger partial charge is 0.393 e. The van der Waals surface area contributed by atoms with Crippen molar-refractivity contribution in [1.82, 2.24) is 14.5 Å². The van der Waals surface area contributed by atoms with E-state index in [1.165, 1.54) is 44.8 Å². The van der Waals surface area contributed by atoms with Gasteiger partial charge in [0.25, 0.3) is 10.1 Å². The van der Waals surface area contributed by atoms with Gasteiger partial charge in [0.2, 0.25) is 0 Å². The number of aromatic nitrogens is 4. The summed E-state index contributed by atoms with van der Waals surface area (Å²) in [5, 5.41) is 17.5. The maximum atomic E-state index is 11.5. The molecule has 0 saturated carbocycles. The molecule has 1 aromatic carbocycles. The number of nitrogens with two attached hydrogens (primary N) is 2. The highest BCUT2D eigenvalue weighted by molar-refractivity contribution is 8.00. The fourth-order valence-electron chi connectivity index (χ4n) is 3.41. The number of hydrogen-bond acceptors (Lipinski definition) is 13. The average Bonchev–Trinajstić information content (AvgIpc) is 3.59. The van der Waals surface area contributed by atoms with Crippen molar-refractivity contribution in [1.29, 1.82) is 0 Å². The van der Waals surface area contributed by atoms with E-state index < -0.39 is 15.8 Å². The van der Waals surface area contributed by atoms with E-state index >= 15 is 0 Å². The quantitative estimate of drug-likeness (QED) is 0.153. The van der Waals surface area contributed by atoms with Crippen molar-refractivity contribution in [2.24, 2.45) is 0 Å². The first-order valence-electron chi connectivity index (χ1n) is 12.0. The number of H-pyrrole nitrogens is 1. The summed E-state index contributed by atoms with van der Waals surface area (Å²) < 4.78 is 43.0. The molecule has 8 N–H and O–H groups in total. The number of anilines is 2. The van der Waals surface area contributed by atoms with Gasteiger partial charge in [-0.2, -0.15) is 27.7 Å². The lowest BCUT2D eigenvalue weighted by atomic mass is 10.2. The normalized spacial score (nSPS) is 21.9. The molecular formula is C23H31N6O9S3+. The molecule has 3 aromatic rings. The van der Waals surface area contributed by atoms with E-state index in [4.69, 9.17) is 35.7 Å². The Morgan fingerprint density at radius 3 is 2.22 bits per heavy atom. The number of aliphatic hydroxyl groups is 2. The van der Waals surface area contributed by atoms with Gasteiger partial charge < -0.3 is 31.2 Å². The Kier molecular flexibility index (Phi) is 11.7. The molecule has 0 bridgehead atoms. The molecule has 224 valence electrons. The Balaban J connectivity index is 0.000000172. The summed E-state index contributed by atoms with van der Waals surface area (Å²) in [6.45, 7) is 2.54. The van der Waals surface area contributed by atoms with Crippen LogP contribution in [0.5, 0.6) is 0 Å². The molecule has 0 unspecified atom stereocenters. The van der Waals surface area contributed by atoms with Crippen molar-refractivity contribution >= 4 is 45.3 Å². The predicted octanol–water partition coefficient (Wildman–Crippen LogP) is -0.527. The summed E-state index contributed by atoms with van der Waals surface area (Å²) in [6, 6.07) is 9.17. The molecule has 2 saturated heterocycles. The van der Waals surface area contributed by atoms with Crippen LogP contribution in [0.1, 0.15) is 16.3 Å². The van der Waals surface area contributed by atoms with Crippen LogP contribution < -0.4 is 27.4 Å². The van der Waals surface area contributed by atoms with Crippen molar-refractivity contribution in [2.75, 3.05) is 37.9 Å². The molecule has 0 aliphatic carbocycles. The lowest BCUT2D eigenvalue weighted by Crippen LogP contribution is -2.53. The van der Waals surface area contributed by atoms with Crippen LogP contribution in [0.25, 0.3) is 0 Å². The molecule has 15 nitrogen and oxygen atoms in total. The van der Waals surface area contributed by atoms with Gasteiger partial charge in [0.1, 0.15) is 28.3 Å². The van der Waals surface area contributed by atoms with Gasteiger partial charge in [-0.1, -0.05) is 29.5 Å². The highest BCUT2D eigenvalue weighted by Crippen LogP contribution is 2.34. The zero-order valence-electron chi connectivity index (χ0n) is 21.8. The number of nitrogen functional groups attached to an aromatic ring is 2. The number of thioether (sulfide) groups is 2. The van der Waals surface area contributed by atoms with Crippen LogP contribution in [0.2, 0.25) is 0 Å². The molecular weight excluding hydrogens is 600 g/mol. The lowest BCUT2D eigenvalue weighted by Gasteiger charge is -2.10. The second kappa shape index (κ2) is 14.8. The van der Waals surface area contributed by atoms with Crippen LogP contribution in [0.15, 0.2) is 63.3 Å². The number of hydrogen-bond donors (Lipinski definition) is 6. The van der Waals surface area contributed by atoms with Crippen LogP contribution >= 0.6 is 23.5 Å². The summed E-state index contributed by atoms with van der Waals surface area (Å²) in [4.78, 5) is 29.0. The number of nitrogens with zero attached hydrogens (tertiary/aromatic N) is 3. The number of ether oxygens (including phenoxy) is 2. The summed E-state index contributed by atoms with van der Waals surface area (Å²) >= 11 is 2.81. The molecule has 5 rings (SSSR count). The van der Waals surface area contributed by atoms with Gasteiger partial charge in [-0.15, -0.1) is 11.8 Å². The molecule has 0 spiro atoms. The van der Waals surface area contributed by atoms with Crippen LogP contribution in [0.3, 0.4) is 0 Å². The van der Waals surface area contributed by atoms with Gasteiger partial charge in [-0.3, -0.25) is 9.12 Å².